The summed E-state index contributed by atoms with van der Waals surface area (Å²) in [6, 6.07) is 4.10. The highest BCUT2D eigenvalue weighted by molar-refractivity contribution is 6.07. The normalized spacial score (nSPS) is 10.4. The van der Waals surface area contributed by atoms with E-state index in [9.17, 15) is 19.7 Å². The van der Waals surface area contributed by atoms with Gasteiger partial charge in [-0.2, -0.15) is 0 Å². The molecule has 0 aliphatic heterocycles. The maximum Gasteiger partial charge on any atom is 0.325 e. The number of imidazole rings is 1. The van der Waals surface area contributed by atoms with Crippen LogP contribution in [0.25, 0.3) is 0 Å². The number of carbonyl (C=O) groups excluding carboxylic acids is 2. The highest BCUT2D eigenvalue weighted by atomic mass is 16.6. The van der Waals surface area contributed by atoms with Crippen LogP contribution in [0.15, 0.2) is 30.6 Å². The lowest BCUT2D eigenvalue weighted by Crippen LogP contribution is -2.27. The molecule has 9 heteroatoms. The van der Waals surface area contributed by atoms with E-state index < -0.39 is 16.7 Å². The number of aryl methyl sites for hydroxylation is 1. The summed E-state index contributed by atoms with van der Waals surface area (Å²) in [4.78, 5) is 40.2. The van der Waals surface area contributed by atoms with E-state index in [4.69, 9.17) is 4.74 Å². The first-order valence-electron chi connectivity index (χ1n) is 7.52. The van der Waals surface area contributed by atoms with Crippen LogP contribution in [0.4, 0.5) is 11.4 Å². The second kappa shape index (κ2) is 7.56. The van der Waals surface area contributed by atoms with Gasteiger partial charge in [-0.25, -0.2) is 4.98 Å². The maximum absolute atomic E-state index is 12.5. The Kier molecular flexibility index (Phi) is 5.48. The molecule has 2 rings (SSSR count). The molecule has 0 saturated carbocycles. The van der Waals surface area contributed by atoms with E-state index in [2.05, 4.69) is 4.98 Å². The molecule has 0 spiro atoms. The van der Waals surface area contributed by atoms with Crippen molar-refractivity contribution in [3.63, 3.8) is 0 Å². The third-order valence-electron chi connectivity index (χ3n) is 3.54. The number of hydrogen-bond donors (Lipinski definition) is 0. The SMILES string of the molecule is CCOC(=O)CN(C)c1ccc(C(=O)c2nccn2C)cc1[N+](=O)[O-]. The minimum atomic E-state index is -0.591. The highest BCUT2D eigenvalue weighted by Crippen LogP contribution is 2.29. The minimum Gasteiger partial charge on any atom is -0.465 e. The number of rotatable bonds is 7. The number of esters is 1. The summed E-state index contributed by atoms with van der Waals surface area (Å²) in [5.41, 5.74) is 0.0931. The van der Waals surface area contributed by atoms with Crippen LogP contribution in [0.2, 0.25) is 0 Å². The van der Waals surface area contributed by atoms with Crippen LogP contribution in [-0.4, -0.2) is 46.4 Å². The smallest absolute Gasteiger partial charge is 0.325 e. The van der Waals surface area contributed by atoms with Crippen LogP contribution < -0.4 is 4.90 Å². The standard InChI is InChI=1S/C16H18N4O5/c1-4-25-14(21)10-19(3)12-6-5-11(9-13(12)20(23)24)15(22)16-17-7-8-18(16)2/h5-9H,4,10H2,1-3H3. The Morgan fingerprint density at radius 3 is 2.68 bits per heavy atom. The molecule has 2 aromatic rings. The Bertz CT molecular complexity index is 815. The largest absolute Gasteiger partial charge is 0.465 e. The summed E-state index contributed by atoms with van der Waals surface area (Å²) in [6.07, 6.45) is 3.09. The van der Waals surface area contributed by atoms with Gasteiger partial charge < -0.3 is 14.2 Å². The fourth-order valence-electron chi connectivity index (χ4n) is 2.33. The van der Waals surface area contributed by atoms with Gasteiger partial charge in [0.05, 0.1) is 11.5 Å². The summed E-state index contributed by atoms with van der Waals surface area (Å²) in [6.45, 7) is 1.77. The Hall–Kier alpha value is -3.23. The number of hydrogen-bond acceptors (Lipinski definition) is 7. The van der Waals surface area contributed by atoms with E-state index in [1.54, 1.807) is 27.2 Å². The maximum atomic E-state index is 12.5. The summed E-state index contributed by atoms with van der Waals surface area (Å²) >= 11 is 0. The lowest BCUT2D eigenvalue weighted by atomic mass is 10.1. The van der Waals surface area contributed by atoms with Crippen LogP contribution in [0, 0.1) is 10.1 Å². The molecule has 0 aliphatic rings. The van der Waals surface area contributed by atoms with Crippen molar-refractivity contribution in [2.45, 2.75) is 6.92 Å². The molecule has 0 radical (unpaired) electrons. The molecule has 1 aromatic carbocycles. The van der Waals surface area contributed by atoms with Gasteiger partial charge in [-0.3, -0.25) is 19.7 Å². The Balaban J connectivity index is 2.35. The fraction of sp³-hybridized carbons (Fsp3) is 0.312. The summed E-state index contributed by atoms with van der Waals surface area (Å²) in [5.74, 6) is -0.732. The third-order valence-corrected chi connectivity index (χ3v) is 3.54. The van der Waals surface area contributed by atoms with Crippen molar-refractivity contribution in [1.82, 2.24) is 9.55 Å². The lowest BCUT2D eigenvalue weighted by Gasteiger charge is -2.18. The van der Waals surface area contributed by atoms with Gasteiger partial charge in [0.25, 0.3) is 5.69 Å². The molecule has 0 fully saturated rings. The number of nitro benzene ring substituents is 1. The summed E-state index contributed by atoms with van der Waals surface area (Å²) < 4.78 is 6.38. The van der Waals surface area contributed by atoms with E-state index in [1.165, 1.54) is 33.9 Å². The van der Waals surface area contributed by atoms with Crippen LogP contribution in [0.3, 0.4) is 0 Å². The zero-order valence-electron chi connectivity index (χ0n) is 14.1. The number of ether oxygens (including phenoxy) is 1. The van der Waals surface area contributed by atoms with Gasteiger partial charge in [0.1, 0.15) is 12.2 Å². The van der Waals surface area contributed by atoms with E-state index in [0.29, 0.717) is 0 Å². The van der Waals surface area contributed by atoms with Crippen LogP contribution in [0.1, 0.15) is 23.1 Å². The van der Waals surface area contributed by atoms with Crippen molar-refractivity contribution in [3.8, 4) is 0 Å². The Morgan fingerprint density at radius 2 is 2.12 bits per heavy atom. The first-order chi connectivity index (χ1) is 11.8. The first kappa shape index (κ1) is 18.1. The molecule has 25 heavy (non-hydrogen) atoms. The molecular weight excluding hydrogens is 328 g/mol. The Labute approximate surface area is 144 Å². The van der Waals surface area contributed by atoms with Crippen LogP contribution >= 0.6 is 0 Å². The predicted molar refractivity (Wildman–Crippen MR) is 89.6 cm³/mol. The molecule has 0 bridgehead atoms. The number of benzene rings is 1. The van der Waals surface area contributed by atoms with Crippen molar-refractivity contribution in [2.24, 2.45) is 7.05 Å². The van der Waals surface area contributed by atoms with Gasteiger partial charge in [0.2, 0.25) is 5.78 Å². The van der Waals surface area contributed by atoms with Gasteiger partial charge in [-0.15, -0.1) is 0 Å². The first-order valence-corrected chi connectivity index (χ1v) is 7.52. The van der Waals surface area contributed by atoms with E-state index in [1.807, 2.05) is 0 Å². The number of aromatic nitrogens is 2. The van der Waals surface area contributed by atoms with Crippen LogP contribution in [0.5, 0.6) is 0 Å². The minimum absolute atomic E-state index is 0.138. The van der Waals surface area contributed by atoms with Gasteiger partial charge in [-0.05, 0) is 19.1 Å². The zero-order chi connectivity index (χ0) is 18.6. The molecular formula is C16H18N4O5. The monoisotopic (exact) mass is 346 g/mol. The summed E-state index contributed by atoms with van der Waals surface area (Å²) in [7, 11) is 3.20. The average Bonchev–Trinajstić information content (AvgIpc) is 2.99. The van der Waals surface area contributed by atoms with E-state index >= 15 is 0 Å². The summed E-state index contributed by atoms with van der Waals surface area (Å²) in [5, 5.41) is 11.4. The number of anilines is 1. The number of carbonyl (C=O) groups is 2. The van der Waals surface area contributed by atoms with Gasteiger partial charge >= 0.3 is 5.97 Å². The average molecular weight is 346 g/mol. The van der Waals surface area contributed by atoms with Crippen molar-refractivity contribution < 1.29 is 19.2 Å². The van der Waals surface area contributed by atoms with Crippen molar-refractivity contribution in [3.05, 3.63) is 52.1 Å². The van der Waals surface area contributed by atoms with Gasteiger partial charge in [0.15, 0.2) is 5.82 Å². The quantitative estimate of drug-likeness (QED) is 0.324. The zero-order valence-corrected chi connectivity index (χ0v) is 14.1. The molecule has 0 unspecified atom stereocenters. The number of likely N-dealkylation sites (N-methyl/N-ethyl adjacent to an activating group) is 1. The topological polar surface area (TPSA) is 108 Å². The van der Waals surface area contributed by atoms with Crippen molar-refractivity contribution in [1.29, 1.82) is 0 Å². The van der Waals surface area contributed by atoms with Gasteiger partial charge in [0, 0.05) is 38.1 Å². The molecule has 0 aliphatic carbocycles. The second-order valence-corrected chi connectivity index (χ2v) is 5.31. The molecule has 132 valence electrons. The second-order valence-electron chi connectivity index (χ2n) is 5.31. The van der Waals surface area contributed by atoms with E-state index in [-0.39, 0.29) is 35.9 Å². The number of ketones is 1. The van der Waals surface area contributed by atoms with Crippen molar-refractivity contribution in [2.75, 3.05) is 25.1 Å². The van der Waals surface area contributed by atoms with E-state index in [0.717, 1.165) is 0 Å². The molecule has 0 amide bonds. The number of nitro groups is 1. The van der Waals surface area contributed by atoms with Crippen LogP contribution in [-0.2, 0) is 16.6 Å². The number of nitrogens with zero attached hydrogens (tertiary/aromatic N) is 4. The fourth-order valence-corrected chi connectivity index (χ4v) is 2.33. The van der Waals surface area contributed by atoms with Crippen molar-refractivity contribution >= 4 is 23.1 Å². The molecule has 0 saturated heterocycles. The highest BCUT2D eigenvalue weighted by Gasteiger charge is 2.23. The third kappa shape index (κ3) is 4.00. The molecule has 0 N–H and O–H groups in total. The molecule has 0 atom stereocenters. The molecule has 9 nitrogen and oxygen atoms in total. The Morgan fingerprint density at radius 1 is 1.40 bits per heavy atom. The van der Waals surface area contributed by atoms with Gasteiger partial charge in [-0.1, -0.05) is 0 Å². The molecule has 1 aromatic heterocycles. The lowest BCUT2D eigenvalue weighted by molar-refractivity contribution is -0.384. The predicted octanol–water partition coefficient (Wildman–Crippen LogP) is 1.56. The molecule has 1 heterocycles.